The molecule has 2 aromatic carbocycles. The second-order valence-electron chi connectivity index (χ2n) is 4.17. The lowest BCUT2D eigenvalue weighted by atomic mass is 9.98. The molecule has 0 aliphatic heterocycles. The first-order valence-electron chi connectivity index (χ1n) is 5.92. The van der Waals surface area contributed by atoms with E-state index < -0.39 is 5.82 Å². The number of ether oxygens (including phenoxy) is 1. The second kappa shape index (κ2) is 6.04. The Hall–Kier alpha value is -1.58. The molecular weight excluding hydrogens is 265 g/mol. The van der Waals surface area contributed by atoms with Crippen LogP contribution in [-0.2, 0) is 0 Å². The van der Waals surface area contributed by atoms with E-state index in [1.807, 2.05) is 31.3 Å². The van der Waals surface area contributed by atoms with Gasteiger partial charge >= 0.3 is 0 Å². The van der Waals surface area contributed by atoms with Crippen LogP contribution in [0.3, 0.4) is 0 Å². The highest BCUT2D eigenvalue weighted by Crippen LogP contribution is 2.27. The zero-order valence-electron chi connectivity index (χ0n) is 10.8. The third-order valence-electron chi connectivity index (χ3n) is 2.99. The Morgan fingerprint density at radius 1 is 1.16 bits per heavy atom. The lowest BCUT2D eigenvalue weighted by Gasteiger charge is -2.18. The zero-order valence-corrected chi connectivity index (χ0v) is 11.5. The summed E-state index contributed by atoms with van der Waals surface area (Å²) in [7, 11) is 3.48. The van der Waals surface area contributed by atoms with Crippen molar-refractivity contribution in [2.75, 3.05) is 14.2 Å². The standard InChI is InChI=1S/C15H15ClFNO/c1-18-15(10-4-3-5-12(8-10)19-2)11-6-7-14(17)13(16)9-11/h3-9,15,18H,1-2H3. The topological polar surface area (TPSA) is 21.3 Å². The lowest BCUT2D eigenvalue weighted by Crippen LogP contribution is -2.17. The van der Waals surface area contributed by atoms with Gasteiger partial charge in [-0.3, -0.25) is 0 Å². The molecule has 0 fully saturated rings. The minimum absolute atomic E-state index is 0.0619. The van der Waals surface area contributed by atoms with Crippen molar-refractivity contribution in [3.63, 3.8) is 0 Å². The zero-order chi connectivity index (χ0) is 13.8. The monoisotopic (exact) mass is 279 g/mol. The minimum atomic E-state index is -0.411. The van der Waals surface area contributed by atoms with Gasteiger partial charge in [0.2, 0.25) is 0 Å². The van der Waals surface area contributed by atoms with Crippen molar-refractivity contribution in [1.29, 1.82) is 0 Å². The SMILES string of the molecule is CNC(c1cccc(OC)c1)c1ccc(F)c(Cl)c1. The molecular formula is C15H15ClFNO. The van der Waals surface area contributed by atoms with Crippen molar-refractivity contribution in [2.24, 2.45) is 0 Å². The van der Waals surface area contributed by atoms with Gasteiger partial charge in [0.1, 0.15) is 11.6 Å². The van der Waals surface area contributed by atoms with Crippen molar-refractivity contribution < 1.29 is 9.13 Å². The number of nitrogens with one attached hydrogen (secondary N) is 1. The van der Waals surface area contributed by atoms with Crippen molar-refractivity contribution in [1.82, 2.24) is 5.32 Å². The summed E-state index contributed by atoms with van der Waals surface area (Å²) in [6, 6.07) is 12.4. The quantitative estimate of drug-likeness (QED) is 0.919. The molecule has 1 atom stereocenters. The molecule has 0 aliphatic carbocycles. The van der Waals surface area contributed by atoms with Crippen molar-refractivity contribution >= 4 is 11.6 Å². The smallest absolute Gasteiger partial charge is 0.141 e. The highest BCUT2D eigenvalue weighted by Gasteiger charge is 2.14. The first-order valence-corrected chi connectivity index (χ1v) is 6.29. The van der Waals surface area contributed by atoms with Crippen LogP contribution in [0.25, 0.3) is 0 Å². The predicted molar refractivity (Wildman–Crippen MR) is 75.3 cm³/mol. The lowest BCUT2D eigenvalue weighted by molar-refractivity contribution is 0.414. The van der Waals surface area contributed by atoms with Crippen LogP contribution < -0.4 is 10.1 Å². The Balaban J connectivity index is 2.40. The van der Waals surface area contributed by atoms with Gasteiger partial charge in [0.25, 0.3) is 0 Å². The second-order valence-corrected chi connectivity index (χ2v) is 4.58. The van der Waals surface area contributed by atoms with Crippen LogP contribution in [0.15, 0.2) is 42.5 Å². The number of hydrogen-bond donors (Lipinski definition) is 1. The highest BCUT2D eigenvalue weighted by atomic mass is 35.5. The van der Waals surface area contributed by atoms with E-state index in [1.54, 1.807) is 19.2 Å². The van der Waals surface area contributed by atoms with Crippen LogP contribution in [0.2, 0.25) is 5.02 Å². The van der Waals surface area contributed by atoms with Gasteiger partial charge in [-0.05, 0) is 42.4 Å². The van der Waals surface area contributed by atoms with E-state index in [4.69, 9.17) is 16.3 Å². The van der Waals surface area contributed by atoms with E-state index in [2.05, 4.69) is 5.32 Å². The highest BCUT2D eigenvalue weighted by molar-refractivity contribution is 6.30. The van der Waals surface area contributed by atoms with Crippen LogP contribution in [0.1, 0.15) is 17.2 Å². The number of methoxy groups -OCH3 is 1. The fraction of sp³-hybridized carbons (Fsp3) is 0.200. The fourth-order valence-electron chi connectivity index (χ4n) is 2.04. The van der Waals surface area contributed by atoms with Crippen LogP contribution in [0.5, 0.6) is 5.75 Å². The first kappa shape index (κ1) is 13.8. The normalized spacial score (nSPS) is 12.2. The number of hydrogen-bond acceptors (Lipinski definition) is 2. The maximum Gasteiger partial charge on any atom is 0.141 e. The molecule has 0 heterocycles. The Morgan fingerprint density at radius 3 is 2.53 bits per heavy atom. The molecule has 0 bridgehead atoms. The molecule has 0 radical (unpaired) electrons. The molecule has 4 heteroatoms. The Morgan fingerprint density at radius 2 is 1.89 bits per heavy atom. The van der Waals surface area contributed by atoms with Gasteiger partial charge in [0, 0.05) is 0 Å². The van der Waals surface area contributed by atoms with E-state index >= 15 is 0 Å². The molecule has 0 amide bonds. The molecule has 2 aromatic rings. The van der Waals surface area contributed by atoms with Crippen LogP contribution in [0, 0.1) is 5.82 Å². The molecule has 0 saturated heterocycles. The molecule has 19 heavy (non-hydrogen) atoms. The van der Waals surface area contributed by atoms with Crippen LogP contribution in [0.4, 0.5) is 4.39 Å². The largest absolute Gasteiger partial charge is 0.497 e. The average molecular weight is 280 g/mol. The fourth-order valence-corrected chi connectivity index (χ4v) is 2.23. The van der Waals surface area contributed by atoms with Crippen molar-refractivity contribution in [3.8, 4) is 5.75 Å². The van der Waals surface area contributed by atoms with Gasteiger partial charge in [-0.1, -0.05) is 29.8 Å². The molecule has 2 nitrogen and oxygen atoms in total. The van der Waals surface area contributed by atoms with Crippen molar-refractivity contribution in [3.05, 3.63) is 64.4 Å². The number of rotatable bonds is 4. The molecule has 1 N–H and O–H groups in total. The van der Waals surface area contributed by atoms with Gasteiger partial charge in [0.15, 0.2) is 0 Å². The summed E-state index contributed by atoms with van der Waals surface area (Å²) in [5.41, 5.74) is 1.94. The summed E-state index contributed by atoms with van der Waals surface area (Å²) in [6.07, 6.45) is 0. The minimum Gasteiger partial charge on any atom is -0.497 e. The number of halogens is 2. The Bertz CT molecular complexity index is 574. The van der Waals surface area contributed by atoms with Gasteiger partial charge in [-0.15, -0.1) is 0 Å². The van der Waals surface area contributed by atoms with Gasteiger partial charge in [-0.2, -0.15) is 0 Å². The summed E-state index contributed by atoms with van der Waals surface area (Å²) in [5, 5.41) is 3.32. The molecule has 2 rings (SSSR count). The van der Waals surface area contributed by atoms with E-state index in [9.17, 15) is 4.39 Å². The van der Waals surface area contributed by atoms with Gasteiger partial charge < -0.3 is 10.1 Å². The van der Waals surface area contributed by atoms with Gasteiger partial charge in [0.05, 0.1) is 18.2 Å². The van der Waals surface area contributed by atoms with Crippen LogP contribution in [-0.4, -0.2) is 14.2 Å². The molecule has 1 unspecified atom stereocenters. The van der Waals surface area contributed by atoms with Gasteiger partial charge in [-0.25, -0.2) is 4.39 Å². The van der Waals surface area contributed by atoms with Crippen LogP contribution >= 0.6 is 11.6 Å². The number of benzene rings is 2. The average Bonchev–Trinajstić information content (AvgIpc) is 2.44. The molecule has 0 saturated carbocycles. The summed E-state index contributed by atoms with van der Waals surface area (Å²) >= 11 is 5.83. The summed E-state index contributed by atoms with van der Waals surface area (Å²) < 4.78 is 18.4. The maximum atomic E-state index is 13.2. The molecule has 100 valence electrons. The van der Waals surface area contributed by atoms with E-state index in [0.29, 0.717) is 0 Å². The molecule has 0 aliphatic rings. The van der Waals surface area contributed by atoms with Crippen molar-refractivity contribution in [2.45, 2.75) is 6.04 Å². The third kappa shape index (κ3) is 3.06. The maximum absolute atomic E-state index is 13.2. The summed E-state index contributed by atoms with van der Waals surface area (Å²) in [5.74, 6) is 0.372. The van der Waals surface area contributed by atoms with E-state index in [1.165, 1.54) is 6.07 Å². The third-order valence-corrected chi connectivity index (χ3v) is 3.28. The Kier molecular flexibility index (Phi) is 4.40. The van der Waals surface area contributed by atoms with E-state index in [-0.39, 0.29) is 11.1 Å². The first-order chi connectivity index (χ1) is 9.15. The Labute approximate surface area is 117 Å². The summed E-state index contributed by atoms with van der Waals surface area (Å²) in [6.45, 7) is 0. The predicted octanol–water partition coefficient (Wildman–Crippen LogP) is 3.80. The molecule has 0 spiro atoms. The summed E-state index contributed by atoms with van der Waals surface area (Å²) in [4.78, 5) is 0. The molecule has 0 aromatic heterocycles. The van der Waals surface area contributed by atoms with E-state index in [0.717, 1.165) is 16.9 Å².